The summed E-state index contributed by atoms with van der Waals surface area (Å²) in [7, 11) is 0. The first-order valence-corrected chi connectivity index (χ1v) is 5.90. The van der Waals surface area contributed by atoms with Gasteiger partial charge in [-0.05, 0) is 44.2 Å². The van der Waals surface area contributed by atoms with Gasteiger partial charge in [-0.1, -0.05) is 24.3 Å². The Morgan fingerprint density at radius 1 is 1.38 bits per heavy atom. The molecule has 0 saturated heterocycles. The molecule has 0 unspecified atom stereocenters. The second-order valence-corrected chi connectivity index (χ2v) is 4.60. The summed E-state index contributed by atoms with van der Waals surface area (Å²) in [4.78, 5) is 11.8. The predicted molar refractivity (Wildman–Crippen MR) is 63.2 cm³/mol. The number of hydrogen-bond donors (Lipinski definition) is 0. The SMILES string of the molecule is CCOC(=O)C1(Cc2ccccc2C)CC1. The van der Waals surface area contributed by atoms with E-state index < -0.39 is 0 Å². The summed E-state index contributed by atoms with van der Waals surface area (Å²) in [6.45, 7) is 4.44. The summed E-state index contributed by atoms with van der Waals surface area (Å²) < 4.78 is 5.14. The van der Waals surface area contributed by atoms with E-state index in [1.54, 1.807) is 0 Å². The molecule has 0 bridgehead atoms. The zero-order valence-corrected chi connectivity index (χ0v) is 9.95. The fourth-order valence-corrected chi connectivity index (χ4v) is 2.06. The number of benzene rings is 1. The van der Waals surface area contributed by atoms with Crippen LogP contribution in [0.15, 0.2) is 24.3 Å². The van der Waals surface area contributed by atoms with Crippen molar-refractivity contribution in [2.45, 2.75) is 33.1 Å². The van der Waals surface area contributed by atoms with E-state index in [2.05, 4.69) is 19.1 Å². The Bertz CT molecular complexity index is 391. The van der Waals surface area contributed by atoms with Crippen LogP contribution in [0.25, 0.3) is 0 Å². The highest BCUT2D eigenvalue weighted by molar-refractivity contribution is 5.80. The van der Waals surface area contributed by atoms with E-state index in [0.29, 0.717) is 6.61 Å². The lowest BCUT2D eigenvalue weighted by Crippen LogP contribution is -2.21. The van der Waals surface area contributed by atoms with Crippen molar-refractivity contribution in [1.29, 1.82) is 0 Å². The predicted octanol–water partition coefficient (Wildman–Crippen LogP) is 2.88. The number of esters is 1. The van der Waals surface area contributed by atoms with Crippen LogP contribution >= 0.6 is 0 Å². The Hall–Kier alpha value is -1.31. The monoisotopic (exact) mass is 218 g/mol. The molecule has 2 nitrogen and oxygen atoms in total. The van der Waals surface area contributed by atoms with Crippen molar-refractivity contribution in [3.8, 4) is 0 Å². The molecule has 0 aliphatic heterocycles. The maximum Gasteiger partial charge on any atom is 0.312 e. The van der Waals surface area contributed by atoms with E-state index in [0.717, 1.165) is 19.3 Å². The van der Waals surface area contributed by atoms with E-state index in [4.69, 9.17) is 4.74 Å². The van der Waals surface area contributed by atoms with Crippen molar-refractivity contribution in [2.24, 2.45) is 5.41 Å². The number of carbonyl (C=O) groups excluding carboxylic acids is 1. The van der Waals surface area contributed by atoms with Gasteiger partial charge in [0.2, 0.25) is 0 Å². The smallest absolute Gasteiger partial charge is 0.312 e. The molecule has 1 aliphatic carbocycles. The third-order valence-electron chi connectivity index (χ3n) is 3.35. The molecule has 16 heavy (non-hydrogen) atoms. The summed E-state index contributed by atoms with van der Waals surface area (Å²) >= 11 is 0. The molecule has 0 aromatic heterocycles. The summed E-state index contributed by atoms with van der Waals surface area (Å²) in [6, 6.07) is 8.26. The van der Waals surface area contributed by atoms with Gasteiger partial charge >= 0.3 is 5.97 Å². The van der Waals surface area contributed by atoms with Crippen LogP contribution in [0.5, 0.6) is 0 Å². The van der Waals surface area contributed by atoms with Gasteiger partial charge in [-0.3, -0.25) is 4.79 Å². The Labute approximate surface area is 96.6 Å². The number of ether oxygens (including phenoxy) is 1. The minimum absolute atomic E-state index is 0.0155. The zero-order valence-electron chi connectivity index (χ0n) is 9.95. The van der Waals surface area contributed by atoms with Gasteiger partial charge in [0.15, 0.2) is 0 Å². The standard InChI is InChI=1S/C14H18O2/c1-3-16-13(15)14(8-9-14)10-12-7-5-4-6-11(12)2/h4-7H,3,8-10H2,1-2H3. The highest BCUT2D eigenvalue weighted by Crippen LogP contribution is 2.49. The number of carbonyl (C=O) groups is 1. The quantitative estimate of drug-likeness (QED) is 0.726. The van der Waals surface area contributed by atoms with Gasteiger partial charge in [0.25, 0.3) is 0 Å². The van der Waals surface area contributed by atoms with Gasteiger partial charge in [0.05, 0.1) is 12.0 Å². The van der Waals surface area contributed by atoms with Gasteiger partial charge in [0.1, 0.15) is 0 Å². The van der Waals surface area contributed by atoms with Gasteiger partial charge in [-0.25, -0.2) is 0 Å². The minimum atomic E-state index is -0.206. The van der Waals surface area contributed by atoms with Crippen LogP contribution in [-0.4, -0.2) is 12.6 Å². The lowest BCUT2D eigenvalue weighted by atomic mass is 9.94. The second kappa shape index (κ2) is 4.28. The van der Waals surface area contributed by atoms with Crippen molar-refractivity contribution in [1.82, 2.24) is 0 Å². The van der Waals surface area contributed by atoms with Crippen molar-refractivity contribution >= 4 is 5.97 Å². The highest BCUT2D eigenvalue weighted by Gasteiger charge is 2.51. The second-order valence-electron chi connectivity index (χ2n) is 4.60. The number of aryl methyl sites for hydroxylation is 1. The Balaban J connectivity index is 2.10. The first kappa shape index (κ1) is 11.2. The summed E-state index contributed by atoms with van der Waals surface area (Å²) in [6.07, 6.45) is 2.78. The molecule has 2 heteroatoms. The molecule has 1 aliphatic rings. The van der Waals surface area contributed by atoms with Crippen molar-refractivity contribution in [2.75, 3.05) is 6.61 Å². The third-order valence-corrected chi connectivity index (χ3v) is 3.35. The first-order chi connectivity index (χ1) is 7.68. The van der Waals surface area contributed by atoms with Crippen LogP contribution in [-0.2, 0) is 16.0 Å². The molecule has 1 saturated carbocycles. The van der Waals surface area contributed by atoms with Crippen LogP contribution in [0.3, 0.4) is 0 Å². The van der Waals surface area contributed by atoms with E-state index in [1.165, 1.54) is 11.1 Å². The molecule has 0 amide bonds. The van der Waals surface area contributed by atoms with Gasteiger partial charge in [0, 0.05) is 0 Å². The van der Waals surface area contributed by atoms with E-state index in [1.807, 2.05) is 19.1 Å². The average Bonchev–Trinajstić information content (AvgIpc) is 3.03. The van der Waals surface area contributed by atoms with Crippen LogP contribution in [0, 0.1) is 12.3 Å². The van der Waals surface area contributed by atoms with Gasteiger partial charge in [-0.2, -0.15) is 0 Å². The van der Waals surface area contributed by atoms with Gasteiger partial charge in [-0.15, -0.1) is 0 Å². The van der Waals surface area contributed by atoms with E-state index in [-0.39, 0.29) is 11.4 Å². The maximum absolute atomic E-state index is 11.8. The number of hydrogen-bond acceptors (Lipinski definition) is 2. The topological polar surface area (TPSA) is 26.3 Å². The highest BCUT2D eigenvalue weighted by atomic mass is 16.5. The Kier molecular flexibility index (Phi) is 2.99. The molecule has 1 fully saturated rings. The van der Waals surface area contributed by atoms with Crippen molar-refractivity contribution < 1.29 is 9.53 Å². The molecule has 0 heterocycles. The third kappa shape index (κ3) is 2.11. The summed E-state index contributed by atoms with van der Waals surface area (Å²) in [5.41, 5.74) is 2.33. The van der Waals surface area contributed by atoms with Crippen LogP contribution < -0.4 is 0 Å². The molecule has 1 aromatic carbocycles. The Morgan fingerprint density at radius 2 is 2.06 bits per heavy atom. The minimum Gasteiger partial charge on any atom is -0.466 e. The molecule has 86 valence electrons. The number of rotatable bonds is 4. The lowest BCUT2D eigenvalue weighted by Gasteiger charge is -2.15. The van der Waals surface area contributed by atoms with E-state index >= 15 is 0 Å². The van der Waals surface area contributed by atoms with Crippen LogP contribution in [0.4, 0.5) is 0 Å². The van der Waals surface area contributed by atoms with Gasteiger partial charge < -0.3 is 4.74 Å². The average molecular weight is 218 g/mol. The molecular formula is C14H18O2. The molecule has 0 radical (unpaired) electrons. The molecule has 0 spiro atoms. The zero-order chi connectivity index (χ0) is 11.6. The Morgan fingerprint density at radius 3 is 2.62 bits per heavy atom. The molecule has 2 rings (SSSR count). The normalized spacial score (nSPS) is 16.9. The molecule has 1 aromatic rings. The first-order valence-electron chi connectivity index (χ1n) is 5.90. The van der Waals surface area contributed by atoms with E-state index in [9.17, 15) is 4.79 Å². The largest absolute Gasteiger partial charge is 0.466 e. The van der Waals surface area contributed by atoms with Crippen LogP contribution in [0.1, 0.15) is 30.9 Å². The van der Waals surface area contributed by atoms with Crippen molar-refractivity contribution in [3.05, 3.63) is 35.4 Å². The summed E-state index contributed by atoms with van der Waals surface area (Å²) in [5.74, 6) is -0.0155. The lowest BCUT2D eigenvalue weighted by molar-refractivity contribution is -0.149. The molecule has 0 atom stereocenters. The fourth-order valence-electron chi connectivity index (χ4n) is 2.06. The molecule has 0 N–H and O–H groups in total. The van der Waals surface area contributed by atoms with Crippen molar-refractivity contribution in [3.63, 3.8) is 0 Å². The fraction of sp³-hybridized carbons (Fsp3) is 0.500. The summed E-state index contributed by atoms with van der Waals surface area (Å²) in [5, 5.41) is 0. The van der Waals surface area contributed by atoms with Crippen LogP contribution in [0.2, 0.25) is 0 Å². The molecular weight excluding hydrogens is 200 g/mol. The maximum atomic E-state index is 11.8.